The van der Waals surface area contributed by atoms with Crippen LogP contribution in [0.2, 0.25) is 0 Å². The Bertz CT molecular complexity index is 381. The van der Waals surface area contributed by atoms with Crippen molar-refractivity contribution >= 4 is 0 Å². The average molecular weight is 265 g/mol. The van der Waals surface area contributed by atoms with Gasteiger partial charge in [-0.15, -0.1) is 0 Å². The molecule has 0 spiro atoms. The highest BCUT2D eigenvalue weighted by atomic mass is 15.3. The third-order valence-electron chi connectivity index (χ3n) is 4.19. The smallest absolute Gasteiger partial charge is 0.0538 e. The van der Waals surface area contributed by atoms with Gasteiger partial charge in [0, 0.05) is 51.0 Å². The fourth-order valence-corrected chi connectivity index (χ4v) is 2.90. The van der Waals surface area contributed by atoms with E-state index in [1.54, 1.807) is 0 Å². The molecule has 1 aromatic heterocycles. The molecule has 5 heteroatoms. The standard InChI is InChI=1S/C14H27N5/c1-4-13(15)14(12-10-16-17(3)11-12)19-8-6-18(5-2)7-9-19/h10-11,13-14H,4-9,15H2,1-3H3. The molecule has 2 unspecified atom stereocenters. The van der Waals surface area contributed by atoms with E-state index in [0.29, 0.717) is 6.04 Å². The minimum atomic E-state index is 0.178. The van der Waals surface area contributed by atoms with Crippen LogP contribution in [0.5, 0.6) is 0 Å². The van der Waals surface area contributed by atoms with Gasteiger partial charge in [0.1, 0.15) is 0 Å². The molecular weight excluding hydrogens is 238 g/mol. The first-order chi connectivity index (χ1) is 9.15. The Hall–Kier alpha value is -0.910. The highest BCUT2D eigenvalue weighted by Gasteiger charge is 2.29. The first-order valence-corrected chi connectivity index (χ1v) is 7.36. The van der Waals surface area contributed by atoms with Crippen LogP contribution in [0.4, 0.5) is 0 Å². The molecule has 0 bridgehead atoms. The van der Waals surface area contributed by atoms with E-state index in [1.165, 1.54) is 5.56 Å². The lowest BCUT2D eigenvalue weighted by Gasteiger charge is -2.40. The molecule has 0 aromatic carbocycles. The first kappa shape index (κ1) is 14.5. The summed E-state index contributed by atoms with van der Waals surface area (Å²) in [6, 6.07) is 0.482. The van der Waals surface area contributed by atoms with Gasteiger partial charge in [-0.25, -0.2) is 0 Å². The molecular formula is C14H27N5. The van der Waals surface area contributed by atoms with Crippen molar-refractivity contribution in [3.63, 3.8) is 0 Å². The van der Waals surface area contributed by atoms with Gasteiger partial charge in [0.05, 0.1) is 12.2 Å². The maximum atomic E-state index is 6.36. The van der Waals surface area contributed by atoms with Gasteiger partial charge in [-0.05, 0) is 13.0 Å². The predicted octanol–water partition coefficient (Wildman–Crippen LogP) is 0.836. The van der Waals surface area contributed by atoms with E-state index in [2.05, 4.69) is 34.9 Å². The fourth-order valence-electron chi connectivity index (χ4n) is 2.90. The maximum absolute atomic E-state index is 6.36. The summed E-state index contributed by atoms with van der Waals surface area (Å²) in [6.45, 7) is 10.0. The van der Waals surface area contributed by atoms with Crippen molar-refractivity contribution in [1.29, 1.82) is 0 Å². The summed E-state index contributed by atoms with van der Waals surface area (Å²) in [7, 11) is 1.97. The van der Waals surface area contributed by atoms with Crippen LogP contribution < -0.4 is 5.73 Å². The average Bonchev–Trinajstić information content (AvgIpc) is 2.86. The number of rotatable bonds is 5. The zero-order valence-corrected chi connectivity index (χ0v) is 12.4. The maximum Gasteiger partial charge on any atom is 0.0538 e. The minimum Gasteiger partial charge on any atom is -0.326 e. The number of hydrogen-bond acceptors (Lipinski definition) is 4. The van der Waals surface area contributed by atoms with Crippen LogP contribution in [0, 0.1) is 0 Å². The molecule has 0 aliphatic carbocycles. The summed E-state index contributed by atoms with van der Waals surface area (Å²) in [5.74, 6) is 0. The number of nitrogens with two attached hydrogens (primary N) is 1. The third kappa shape index (κ3) is 3.35. The van der Waals surface area contributed by atoms with Crippen LogP contribution in [0.3, 0.4) is 0 Å². The molecule has 2 heterocycles. The van der Waals surface area contributed by atoms with Crippen molar-refractivity contribution in [2.75, 3.05) is 32.7 Å². The zero-order valence-electron chi connectivity index (χ0n) is 12.4. The molecule has 2 atom stereocenters. The van der Waals surface area contributed by atoms with Gasteiger partial charge in [0.25, 0.3) is 0 Å². The minimum absolute atomic E-state index is 0.178. The molecule has 1 aliphatic heterocycles. The number of aryl methyl sites for hydroxylation is 1. The number of hydrogen-bond donors (Lipinski definition) is 1. The van der Waals surface area contributed by atoms with E-state index in [-0.39, 0.29) is 6.04 Å². The predicted molar refractivity (Wildman–Crippen MR) is 77.9 cm³/mol. The molecule has 0 amide bonds. The Kier molecular flexibility index (Phi) is 4.96. The van der Waals surface area contributed by atoms with Crippen molar-refractivity contribution in [3.8, 4) is 0 Å². The summed E-state index contributed by atoms with van der Waals surface area (Å²) in [5, 5.41) is 4.30. The quantitative estimate of drug-likeness (QED) is 0.857. The summed E-state index contributed by atoms with van der Waals surface area (Å²) >= 11 is 0. The zero-order chi connectivity index (χ0) is 13.8. The van der Waals surface area contributed by atoms with Gasteiger partial charge < -0.3 is 10.6 Å². The van der Waals surface area contributed by atoms with E-state index >= 15 is 0 Å². The Morgan fingerprint density at radius 1 is 1.26 bits per heavy atom. The van der Waals surface area contributed by atoms with Crippen LogP contribution in [-0.2, 0) is 7.05 Å². The number of aromatic nitrogens is 2. The number of piperazine rings is 1. The Labute approximate surface area is 116 Å². The molecule has 0 saturated carbocycles. The van der Waals surface area contributed by atoms with Gasteiger partial charge in [0.15, 0.2) is 0 Å². The van der Waals surface area contributed by atoms with Gasteiger partial charge in [0.2, 0.25) is 0 Å². The molecule has 1 saturated heterocycles. The largest absolute Gasteiger partial charge is 0.326 e. The van der Waals surface area contributed by atoms with Gasteiger partial charge in [-0.3, -0.25) is 9.58 Å². The summed E-state index contributed by atoms with van der Waals surface area (Å²) in [6.07, 6.45) is 5.06. The highest BCUT2D eigenvalue weighted by Crippen LogP contribution is 2.25. The normalized spacial score (nSPS) is 21.5. The SMILES string of the molecule is CCC(N)C(c1cnn(C)c1)N1CCN(CC)CC1. The van der Waals surface area contributed by atoms with E-state index < -0.39 is 0 Å². The van der Waals surface area contributed by atoms with Crippen molar-refractivity contribution in [2.45, 2.75) is 32.4 Å². The molecule has 0 radical (unpaired) electrons. The van der Waals surface area contributed by atoms with E-state index in [1.807, 2.05) is 17.9 Å². The lowest BCUT2D eigenvalue weighted by atomic mass is 9.98. The number of likely N-dealkylation sites (N-methyl/N-ethyl adjacent to an activating group) is 1. The van der Waals surface area contributed by atoms with Crippen molar-refractivity contribution in [2.24, 2.45) is 12.8 Å². The second-order valence-electron chi connectivity index (χ2n) is 5.43. The van der Waals surface area contributed by atoms with Crippen molar-refractivity contribution in [1.82, 2.24) is 19.6 Å². The van der Waals surface area contributed by atoms with E-state index in [9.17, 15) is 0 Å². The summed E-state index contributed by atoms with van der Waals surface area (Å²) in [5.41, 5.74) is 7.62. The van der Waals surface area contributed by atoms with Crippen LogP contribution in [0.15, 0.2) is 12.4 Å². The second kappa shape index (κ2) is 6.50. The van der Waals surface area contributed by atoms with Crippen molar-refractivity contribution in [3.05, 3.63) is 18.0 Å². The topological polar surface area (TPSA) is 50.3 Å². The summed E-state index contributed by atoms with van der Waals surface area (Å²) in [4.78, 5) is 5.02. The Morgan fingerprint density at radius 3 is 2.42 bits per heavy atom. The monoisotopic (exact) mass is 265 g/mol. The first-order valence-electron chi connectivity index (χ1n) is 7.36. The lowest BCUT2D eigenvalue weighted by molar-refractivity contribution is 0.0865. The van der Waals surface area contributed by atoms with Crippen LogP contribution in [0.1, 0.15) is 31.9 Å². The fraction of sp³-hybridized carbons (Fsp3) is 0.786. The molecule has 2 N–H and O–H groups in total. The molecule has 1 aliphatic rings. The number of nitrogens with zero attached hydrogens (tertiary/aromatic N) is 4. The van der Waals surface area contributed by atoms with Crippen LogP contribution in [-0.4, -0.2) is 58.3 Å². The molecule has 108 valence electrons. The van der Waals surface area contributed by atoms with Gasteiger partial charge in [-0.1, -0.05) is 13.8 Å². The Balaban J connectivity index is 2.10. The molecule has 5 nitrogen and oxygen atoms in total. The lowest BCUT2D eigenvalue weighted by Crippen LogP contribution is -2.51. The molecule has 2 rings (SSSR count). The van der Waals surface area contributed by atoms with E-state index in [4.69, 9.17) is 5.73 Å². The molecule has 1 aromatic rings. The van der Waals surface area contributed by atoms with Crippen LogP contribution >= 0.6 is 0 Å². The molecule has 19 heavy (non-hydrogen) atoms. The Morgan fingerprint density at radius 2 is 1.95 bits per heavy atom. The van der Waals surface area contributed by atoms with E-state index in [0.717, 1.165) is 39.1 Å². The van der Waals surface area contributed by atoms with Gasteiger partial charge in [-0.2, -0.15) is 5.10 Å². The van der Waals surface area contributed by atoms with Crippen LogP contribution in [0.25, 0.3) is 0 Å². The highest BCUT2D eigenvalue weighted by molar-refractivity contribution is 5.13. The summed E-state index contributed by atoms with van der Waals surface area (Å²) < 4.78 is 1.87. The molecule has 1 fully saturated rings. The second-order valence-corrected chi connectivity index (χ2v) is 5.43. The van der Waals surface area contributed by atoms with Gasteiger partial charge >= 0.3 is 0 Å². The van der Waals surface area contributed by atoms with Crippen molar-refractivity contribution < 1.29 is 0 Å². The third-order valence-corrected chi connectivity index (χ3v) is 4.19.